The molecular weight excluding hydrogens is 186 g/mol. The van der Waals surface area contributed by atoms with Crippen LogP contribution in [0.3, 0.4) is 0 Å². The van der Waals surface area contributed by atoms with Crippen LogP contribution >= 0.6 is 0 Å². The van der Waals surface area contributed by atoms with Crippen LogP contribution in [0.1, 0.15) is 45.1 Å². The van der Waals surface area contributed by atoms with Crippen LogP contribution in [-0.2, 0) is 0 Å². The van der Waals surface area contributed by atoms with Gasteiger partial charge in [-0.3, -0.25) is 0 Å². The zero-order valence-corrected chi connectivity index (χ0v) is 9.32. The second-order valence-corrected chi connectivity index (χ2v) is 5.15. The lowest BCUT2D eigenvalue weighted by molar-refractivity contribution is 0.600. The molecule has 2 unspecified atom stereocenters. The average molecular weight is 205 g/mol. The van der Waals surface area contributed by atoms with Crippen molar-refractivity contribution in [2.75, 3.05) is 5.32 Å². The van der Waals surface area contributed by atoms with Crippen LogP contribution in [0.5, 0.6) is 0 Å². The third-order valence-electron chi connectivity index (χ3n) is 3.64. The first-order chi connectivity index (χ1) is 7.33. The first kappa shape index (κ1) is 9.25. The Labute approximate surface area is 90.9 Å². The van der Waals surface area contributed by atoms with E-state index in [0.29, 0.717) is 6.04 Å². The molecule has 1 heterocycles. The van der Waals surface area contributed by atoms with E-state index < -0.39 is 0 Å². The molecule has 2 fully saturated rings. The molecule has 1 N–H and O–H groups in total. The first-order valence-electron chi connectivity index (χ1n) is 6.12. The molecule has 2 saturated carbocycles. The molecule has 2 aliphatic rings. The van der Waals surface area contributed by atoms with Crippen LogP contribution in [-0.4, -0.2) is 15.6 Å². The number of anilines is 1. The summed E-state index contributed by atoms with van der Waals surface area (Å²) < 4.78 is 2.31. The van der Waals surface area contributed by atoms with Crippen LogP contribution in [0.15, 0.2) is 12.4 Å². The smallest absolute Gasteiger partial charge is 0.203 e. The summed E-state index contributed by atoms with van der Waals surface area (Å²) in [6.45, 7) is 2.34. The second kappa shape index (κ2) is 3.54. The van der Waals surface area contributed by atoms with Crippen molar-refractivity contribution in [2.24, 2.45) is 5.92 Å². The zero-order valence-electron chi connectivity index (χ0n) is 9.32. The minimum absolute atomic E-state index is 0.653. The Bertz CT molecular complexity index is 340. The highest BCUT2D eigenvalue weighted by Crippen LogP contribution is 2.37. The summed E-state index contributed by atoms with van der Waals surface area (Å²) in [6.07, 6.45) is 10.6. The summed E-state index contributed by atoms with van der Waals surface area (Å²) in [5.74, 6) is 1.98. The number of nitrogens with zero attached hydrogens (tertiary/aromatic N) is 2. The van der Waals surface area contributed by atoms with Gasteiger partial charge < -0.3 is 9.88 Å². The maximum Gasteiger partial charge on any atom is 0.203 e. The van der Waals surface area contributed by atoms with E-state index in [9.17, 15) is 0 Å². The van der Waals surface area contributed by atoms with E-state index in [1.165, 1.54) is 32.1 Å². The van der Waals surface area contributed by atoms with Gasteiger partial charge in [-0.25, -0.2) is 4.98 Å². The number of rotatable bonds is 3. The highest BCUT2D eigenvalue weighted by Gasteiger charge is 2.27. The standard InChI is InChI=1S/C12H19N3/c1-9-2-3-10(8-9)14-12-13-6-7-15(12)11-4-5-11/h6-7,9-11H,2-5,8H2,1H3,(H,13,14). The van der Waals surface area contributed by atoms with E-state index in [1.807, 2.05) is 6.20 Å². The second-order valence-electron chi connectivity index (χ2n) is 5.15. The Hall–Kier alpha value is -0.990. The molecule has 2 atom stereocenters. The van der Waals surface area contributed by atoms with E-state index in [1.54, 1.807) is 0 Å². The van der Waals surface area contributed by atoms with Crippen LogP contribution in [0.2, 0.25) is 0 Å². The van der Waals surface area contributed by atoms with Gasteiger partial charge in [0, 0.05) is 24.5 Å². The lowest BCUT2D eigenvalue weighted by atomic mass is 10.1. The SMILES string of the molecule is CC1CCC(Nc2nccn2C2CC2)C1. The molecule has 1 aromatic heterocycles. The van der Waals surface area contributed by atoms with Gasteiger partial charge in [0.2, 0.25) is 5.95 Å². The summed E-state index contributed by atoms with van der Waals surface area (Å²) in [5.41, 5.74) is 0. The Morgan fingerprint density at radius 3 is 2.87 bits per heavy atom. The molecule has 0 aliphatic heterocycles. The number of aromatic nitrogens is 2. The van der Waals surface area contributed by atoms with Gasteiger partial charge in [0.25, 0.3) is 0 Å². The predicted molar refractivity (Wildman–Crippen MR) is 60.9 cm³/mol. The quantitative estimate of drug-likeness (QED) is 0.822. The average Bonchev–Trinajstić information content (AvgIpc) is 2.83. The molecule has 15 heavy (non-hydrogen) atoms. The van der Waals surface area contributed by atoms with Crippen molar-refractivity contribution >= 4 is 5.95 Å². The van der Waals surface area contributed by atoms with Crippen molar-refractivity contribution in [2.45, 2.75) is 51.1 Å². The third kappa shape index (κ3) is 1.87. The number of hydrogen-bond donors (Lipinski definition) is 1. The Kier molecular flexibility index (Phi) is 2.19. The van der Waals surface area contributed by atoms with E-state index >= 15 is 0 Å². The molecule has 2 aliphatic carbocycles. The highest BCUT2D eigenvalue weighted by molar-refractivity contribution is 5.29. The monoisotopic (exact) mass is 205 g/mol. The third-order valence-corrected chi connectivity index (χ3v) is 3.64. The van der Waals surface area contributed by atoms with E-state index in [0.717, 1.165) is 17.9 Å². The van der Waals surface area contributed by atoms with Crippen LogP contribution in [0.4, 0.5) is 5.95 Å². The normalized spacial score (nSPS) is 30.7. The molecule has 3 rings (SSSR count). The van der Waals surface area contributed by atoms with Crippen molar-refractivity contribution < 1.29 is 0 Å². The summed E-state index contributed by atoms with van der Waals surface area (Å²) >= 11 is 0. The fourth-order valence-corrected chi connectivity index (χ4v) is 2.59. The van der Waals surface area contributed by atoms with E-state index in [2.05, 4.69) is 28.0 Å². The van der Waals surface area contributed by atoms with Gasteiger partial charge in [-0.2, -0.15) is 0 Å². The molecule has 0 aromatic carbocycles. The fourth-order valence-electron chi connectivity index (χ4n) is 2.59. The minimum atomic E-state index is 0.653. The minimum Gasteiger partial charge on any atom is -0.353 e. The van der Waals surface area contributed by atoms with Gasteiger partial charge in [-0.1, -0.05) is 6.92 Å². The topological polar surface area (TPSA) is 29.9 Å². The molecule has 0 bridgehead atoms. The van der Waals surface area contributed by atoms with Crippen molar-refractivity contribution in [3.05, 3.63) is 12.4 Å². The lowest BCUT2D eigenvalue weighted by Gasteiger charge is -2.14. The molecular formula is C12H19N3. The maximum absolute atomic E-state index is 4.42. The Morgan fingerprint density at radius 1 is 1.33 bits per heavy atom. The summed E-state index contributed by atoms with van der Waals surface area (Å²) in [6, 6.07) is 1.38. The number of imidazole rings is 1. The largest absolute Gasteiger partial charge is 0.353 e. The molecule has 3 nitrogen and oxygen atoms in total. The lowest BCUT2D eigenvalue weighted by Crippen LogP contribution is -2.18. The van der Waals surface area contributed by atoms with Gasteiger partial charge in [-0.05, 0) is 38.0 Å². The molecule has 3 heteroatoms. The Morgan fingerprint density at radius 2 is 2.20 bits per heavy atom. The highest BCUT2D eigenvalue weighted by atomic mass is 15.2. The summed E-state index contributed by atoms with van der Waals surface area (Å²) in [5, 5.41) is 3.59. The summed E-state index contributed by atoms with van der Waals surface area (Å²) in [7, 11) is 0. The van der Waals surface area contributed by atoms with Crippen molar-refractivity contribution in [3.63, 3.8) is 0 Å². The zero-order chi connectivity index (χ0) is 10.3. The fraction of sp³-hybridized carbons (Fsp3) is 0.750. The molecule has 0 spiro atoms. The molecule has 1 aromatic rings. The van der Waals surface area contributed by atoms with E-state index in [-0.39, 0.29) is 0 Å². The number of nitrogens with one attached hydrogen (secondary N) is 1. The van der Waals surface area contributed by atoms with Crippen LogP contribution in [0.25, 0.3) is 0 Å². The molecule has 0 amide bonds. The molecule has 0 saturated heterocycles. The van der Waals surface area contributed by atoms with Crippen molar-refractivity contribution in [1.82, 2.24) is 9.55 Å². The van der Waals surface area contributed by atoms with Crippen molar-refractivity contribution in [1.29, 1.82) is 0 Å². The van der Waals surface area contributed by atoms with Crippen molar-refractivity contribution in [3.8, 4) is 0 Å². The van der Waals surface area contributed by atoms with Gasteiger partial charge in [0.1, 0.15) is 0 Å². The maximum atomic E-state index is 4.42. The predicted octanol–water partition coefficient (Wildman–Crippen LogP) is 2.82. The number of hydrogen-bond acceptors (Lipinski definition) is 2. The van der Waals surface area contributed by atoms with Gasteiger partial charge in [-0.15, -0.1) is 0 Å². The Balaban J connectivity index is 1.68. The molecule has 82 valence electrons. The molecule has 0 radical (unpaired) electrons. The van der Waals surface area contributed by atoms with Gasteiger partial charge in [0.05, 0.1) is 0 Å². The summed E-state index contributed by atoms with van der Waals surface area (Å²) in [4.78, 5) is 4.42. The van der Waals surface area contributed by atoms with E-state index in [4.69, 9.17) is 0 Å². The van der Waals surface area contributed by atoms with Gasteiger partial charge in [0.15, 0.2) is 0 Å². The van der Waals surface area contributed by atoms with Crippen LogP contribution < -0.4 is 5.32 Å². The van der Waals surface area contributed by atoms with Crippen LogP contribution in [0, 0.1) is 5.92 Å². The van der Waals surface area contributed by atoms with Gasteiger partial charge >= 0.3 is 0 Å². The first-order valence-corrected chi connectivity index (χ1v) is 6.12.